The van der Waals surface area contributed by atoms with Crippen molar-refractivity contribution in [2.24, 2.45) is 0 Å². The molecular formula is C14H13BrF3N3. The van der Waals surface area contributed by atoms with Gasteiger partial charge in [-0.15, -0.1) is 0 Å². The molecule has 1 aromatic carbocycles. The van der Waals surface area contributed by atoms with Crippen molar-refractivity contribution < 1.29 is 13.2 Å². The van der Waals surface area contributed by atoms with Crippen molar-refractivity contribution >= 4 is 21.7 Å². The number of aryl methyl sites for hydroxylation is 1. The summed E-state index contributed by atoms with van der Waals surface area (Å²) in [6, 6.07) is 1.77. The van der Waals surface area contributed by atoms with Crippen molar-refractivity contribution in [3.05, 3.63) is 39.8 Å². The van der Waals surface area contributed by atoms with E-state index in [0.29, 0.717) is 16.7 Å². The Morgan fingerprint density at radius 3 is 2.29 bits per heavy atom. The Hall–Kier alpha value is -1.63. The van der Waals surface area contributed by atoms with E-state index in [9.17, 15) is 13.2 Å². The van der Waals surface area contributed by atoms with Crippen LogP contribution < -0.4 is 5.32 Å². The zero-order valence-corrected chi connectivity index (χ0v) is 13.1. The lowest BCUT2D eigenvalue weighted by atomic mass is 10.1. The lowest BCUT2D eigenvalue weighted by Crippen LogP contribution is -2.04. The van der Waals surface area contributed by atoms with Gasteiger partial charge in [-0.2, -0.15) is 0 Å². The first-order valence-corrected chi connectivity index (χ1v) is 7.16. The topological polar surface area (TPSA) is 37.8 Å². The summed E-state index contributed by atoms with van der Waals surface area (Å²) in [6.45, 7) is 1.99. The molecule has 0 radical (unpaired) electrons. The molecule has 0 spiro atoms. The van der Waals surface area contributed by atoms with E-state index in [-0.39, 0.29) is 11.4 Å². The standard InChI is InChI=1S/C14H13BrF3N3/c1-3-4-10-11(15)14(19-2)21-13(20-10)7-5-8(16)12(18)9(17)6-7/h5-6H,3-4H2,1-2H3,(H,19,20,21). The van der Waals surface area contributed by atoms with Gasteiger partial charge in [-0.05, 0) is 34.5 Å². The Morgan fingerprint density at radius 1 is 1.14 bits per heavy atom. The van der Waals surface area contributed by atoms with Gasteiger partial charge < -0.3 is 5.32 Å². The van der Waals surface area contributed by atoms with Gasteiger partial charge in [-0.25, -0.2) is 23.1 Å². The fourth-order valence-electron chi connectivity index (χ4n) is 1.88. The number of nitrogens with zero attached hydrogens (tertiary/aromatic N) is 2. The van der Waals surface area contributed by atoms with Crippen molar-refractivity contribution in [2.45, 2.75) is 19.8 Å². The van der Waals surface area contributed by atoms with Crippen molar-refractivity contribution in [2.75, 3.05) is 12.4 Å². The molecule has 2 rings (SSSR count). The van der Waals surface area contributed by atoms with Gasteiger partial charge in [0.1, 0.15) is 5.82 Å². The van der Waals surface area contributed by atoms with Crippen LogP contribution in [-0.2, 0) is 6.42 Å². The minimum atomic E-state index is -1.50. The van der Waals surface area contributed by atoms with Crippen LogP contribution in [0.4, 0.5) is 19.0 Å². The van der Waals surface area contributed by atoms with Crippen LogP contribution in [0.1, 0.15) is 19.0 Å². The molecular weight excluding hydrogens is 347 g/mol. The predicted octanol–water partition coefficient (Wildman–Crippen LogP) is 4.32. The predicted molar refractivity (Wildman–Crippen MR) is 78.6 cm³/mol. The summed E-state index contributed by atoms with van der Waals surface area (Å²) in [5, 5.41) is 2.89. The lowest BCUT2D eigenvalue weighted by molar-refractivity contribution is 0.447. The summed E-state index contributed by atoms with van der Waals surface area (Å²) >= 11 is 3.39. The zero-order chi connectivity index (χ0) is 15.6. The third-order valence-electron chi connectivity index (χ3n) is 2.89. The fourth-order valence-corrected chi connectivity index (χ4v) is 2.45. The third-order valence-corrected chi connectivity index (χ3v) is 3.72. The average Bonchev–Trinajstić information content (AvgIpc) is 2.46. The maximum Gasteiger partial charge on any atom is 0.194 e. The minimum Gasteiger partial charge on any atom is -0.372 e. The molecule has 0 aliphatic rings. The number of aromatic nitrogens is 2. The lowest BCUT2D eigenvalue weighted by Gasteiger charge is -2.11. The molecule has 1 heterocycles. The van der Waals surface area contributed by atoms with Crippen LogP contribution >= 0.6 is 15.9 Å². The highest BCUT2D eigenvalue weighted by molar-refractivity contribution is 9.10. The number of hydrogen-bond donors (Lipinski definition) is 1. The molecule has 2 aromatic rings. The summed E-state index contributed by atoms with van der Waals surface area (Å²) in [7, 11) is 1.68. The van der Waals surface area contributed by atoms with Gasteiger partial charge in [0.25, 0.3) is 0 Å². The van der Waals surface area contributed by atoms with Gasteiger partial charge in [-0.1, -0.05) is 13.3 Å². The smallest absolute Gasteiger partial charge is 0.194 e. The van der Waals surface area contributed by atoms with Crippen molar-refractivity contribution in [1.82, 2.24) is 9.97 Å². The van der Waals surface area contributed by atoms with Crippen LogP contribution in [0.3, 0.4) is 0 Å². The summed E-state index contributed by atoms with van der Waals surface area (Å²) in [4.78, 5) is 8.49. The van der Waals surface area contributed by atoms with E-state index in [1.54, 1.807) is 7.05 Å². The second kappa shape index (κ2) is 6.43. The first-order chi connectivity index (χ1) is 9.97. The molecule has 0 unspecified atom stereocenters. The monoisotopic (exact) mass is 359 g/mol. The van der Waals surface area contributed by atoms with Crippen molar-refractivity contribution in [3.63, 3.8) is 0 Å². The molecule has 0 atom stereocenters. The number of hydrogen-bond acceptors (Lipinski definition) is 3. The molecule has 7 heteroatoms. The molecule has 0 amide bonds. The van der Waals surface area contributed by atoms with Crippen LogP contribution in [0.25, 0.3) is 11.4 Å². The van der Waals surface area contributed by atoms with Gasteiger partial charge in [0.2, 0.25) is 0 Å². The molecule has 0 saturated heterocycles. The molecule has 1 aromatic heterocycles. The van der Waals surface area contributed by atoms with E-state index >= 15 is 0 Å². The van der Waals surface area contributed by atoms with Gasteiger partial charge in [-0.3, -0.25) is 0 Å². The summed E-state index contributed by atoms with van der Waals surface area (Å²) in [6.07, 6.45) is 1.53. The molecule has 0 bridgehead atoms. The number of halogens is 4. The Balaban J connectivity index is 2.60. The highest BCUT2D eigenvalue weighted by Gasteiger charge is 2.16. The molecule has 0 aliphatic carbocycles. The SMILES string of the molecule is CCCc1nc(-c2cc(F)c(F)c(F)c2)nc(NC)c1Br. The van der Waals surface area contributed by atoms with E-state index in [2.05, 4.69) is 31.2 Å². The van der Waals surface area contributed by atoms with Crippen LogP contribution in [0.2, 0.25) is 0 Å². The molecule has 0 saturated carbocycles. The van der Waals surface area contributed by atoms with Gasteiger partial charge >= 0.3 is 0 Å². The van der Waals surface area contributed by atoms with Crippen LogP contribution in [0.15, 0.2) is 16.6 Å². The summed E-state index contributed by atoms with van der Waals surface area (Å²) in [5.74, 6) is -3.38. The molecule has 0 fully saturated rings. The van der Waals surface area contributed by atoms with Gasteiger partial charge in [0.15, 0.2) is 23.3 Å². The molecule has 0 aliphatic heterocycles. The van der Waals surface area contributed by atoms with Gasteiger partial charge in [0.05, 0.1) is 10.2 Å². The molecule has 3 nitrogen and oxygen atoms in total. The Labute approximate surface area is 128 Å². The van der Waals surface area contributed by atoms with E-state index in [4.69, 9.17) is 0 Å². The Bertz CT molecular complexity index is 654. The molecule has 1 N–H and O–H groups in total. The Kier molecular flexibility index (Phi) is 4.82. The average molecular weight is 360 g/mol. The summed E-state index contributed by atoms with van der Waals surface area (Å²) < 4.78 is 40.4. The number of anilines is 1. The van der Waals surface area contributed by atoms with Crippen molar-refractivity contribution in [1.29, 1.82) is 0 Å². The van der Waals surface area contributed by atoms with Crippen molar-refractivity contribution in [3.8, 4) is 11.4 Å². The van der Waals surface area contributed by atoms with Crippen LogP contribution in [0, 0.1) is 17.5 Å². The Morgan fingerprint density at radius 2 is 1.76 bits per heavy atom. The van der Waals surface area contributed by atoms with Crippen LogP contribution in [0.5, 0.6) is 0 Å². The number of rotatable bonds is 4. The largest absolute Gasteiger partial charge is 0.372 e. The van der Waals surface area contributed by atoms with Gasteiger partial charge in [0, 0.05) is 12.6 Å². The second-order valence-electron chi connectivity index (χ2n) is 4.41. The summed E-state index contributed by atoms with van der Waals surface area (Å²) in [5.41, 5.74) is 0.810. The van der Waals surface area contributed by atoms with E-state index in [1.807, 2.05) is 6.92 Å². The zero-order valence-electron chi connectivity index (χ0n) is 11.5. The van der Waals surface area contributed by atoms with E-state index in [0.717, 1.165) is 24.2 Å². The third kappa shape index (κ3) is 3.18. The highest BCUT2D eigenvalue weighted by atomic mass is 79.9. The number of nitrogens with one attached hydrogen (secondary N) is 1. The first-order valence-electron chi connectivity index (χ1n) is 6.37. The van der Waals surface area contributed by atoms with Crippen LogP contribution in [-0.4, -0.2) is 17.0 Å². The van der Waals surface area contributed by atoms with E-state index in [1.165, 1.54) is 0 Å². The minimum absolute atomic E-state index is 0.0905. The fraction of sp³-hybridized carbons (Fsp3) is 0.286. The second-order valence-corrected chi connectivity index (χ2v) is 5.20. The number of benzene rings is 1. The molecule has 112 valence electrons. The first kappa shape index (κ1) is 15.8. The molecule has 21 heavy (non-hydrogen) atoms. The highest BCUT2D eigenvalue weighted by Crippen LogP contribution is 2.29. The maximum absolute atomic E-state index is 13.3. The van der Waals surface area contributed by atoms with E-state index < -0.39 is 17.5 Å². The maximum atomic E-state index is 13.3. The quantitative estimate of drug-likeness (QED) is 0.826. The normalized spacial score (nSPS) is 10.8.